The molecular weight excluding hydrogens is 364 g/mol. The highest BCUT2D eigenvalue weighted by atomic mass is 19.1. The lowest BCUT2D eigenvalue weighted by atomic mass is 9.78. The SMILES string of the molecule is O=C(Nc1ccc(F)cc1F)C1CC2CCCN2C12C(=O)Nc1ccccc12. The molecule has 5 rings (SSSR count). The molecule has 2 amide bonds. The average Bonchev–Trinajstić information content (AvgIpc) is 3.32. The Hall–Kier alpha value is -2.80. The second-order valence-electron chi connectivity index (χ2n) is 7.66. The highest BCUT2D eigenvalue weighted by Crippen LogP contribution is 2.55. The number of benzene rings is 2. The summed E-state index contributed by atoms with van der Waals surface area (Å²) >= 11 is 0. The molecule has 3 atom stereocenters. The van der Waals surface area contributed by atoms with E-state index in [2.05, 4.69) is 15.5 Å². The van der Waals surface area contributed by atoms with Gasteiger partial charge in [-0.3, -0.25) is 14.5 Å². The summed E-state index contributed by atoms with van der Waals surface area (Å²) in [5.74, 6) is -2.84. The second kappa shape index (κ2) is 6.10. The molecule has 2 aromatic carbocycles. The molecule has 2 N–H and O–H groups in total. The van der Waals surface area contributed by atoms with Crippen LogP contribution in [0.3, 0.4) is 0 Å². The Labute approximate surface area is 160 Å². The van der Waals surface area contributed by atoms with Crippen molar-refractivity contribution < 1.29 is 18.4 Å². The first-order valence-corrected chi connectivity index (χ1v) is 9.45. The Kier molecular flexibility index (Phi) is 3.77. The van der Waals surface area contributed by atoms with Gasteiger partial charge >= 0.3 is 0 Å². The Morgan fingerprint density at radius 3 is 2.86 bits per heavy atom. The van der Waals surface area contributed by atoms with Gasteiger partial charge in [-0.05, 0) is 44.0 Å². The number of rotatable bonds is 2. The Morgan fingerprint density at radius 1 is 1.21 bits per heavy atom. The zero-order valence-corrected chi connectivity index (χ0v) is 15.0. The van der Waals surface area contributed by atoms with Gasteiger partial charge in [0, 0.05) is 23.4 Å². The molecule has 144 valence electrons. The van der Waals surface area contributed by atoms with E-state index in [4.69, 9.17) is 0 Å². The third-order valence-electron chi connectivity index (χ3n) is 6.28. The van der Waals surface area contributed by atoms with Gasteiger partial charge in [0.1, 0.15) is 17.2 Å². The summed E-state index contributed by atoms with van der Waals surface area (Å²) < 4.78 is 27.3. The first-order chi connectivity index (χ1) is 13.5. The molecule has 2 fully saturated rings. The number of carbonyl (C=O) groups is 2. The molecule has 7 heteroatoms. The zero-order chi connectivity index (χ0) is 19.5. The number of para-hydroxylation sites is 1. The molecule has 1 spiro atoms. The van der Waals surface area contributed by atoms with Gasteiger partial charge in [0.25, 0.3) is 0 Å². The van der Waals surface area contributed by atoms with Crippen LogP contribution in [-0.2, 0) is 15.1 Å². The lowest BCUT2D eigenvalue weighted by molar-refractivity contribution is -0.135. The highest BCUT2D eigenvalue weighted by Gasteiger charge is 2.65. The van der Waals surface area contributed by atoms with Crippen molar-refractivity contribution >= 4 is 23.2 Å². The minimum absolute atomic E-state index is 0.0831. The van der Waals surface area contributed by atoms with Crippen LogP contribution >= 0.6 is 0 Å². The van der Waals surface area contributed by atoms with Crippen molar-refractivity contribution in [1.82, 2.24) is 4.90 Å². The van der Waals surface area contributed by atoms with Crippen molar-refractivity contribution in [2.45, 2.75) is 30.8 Å². The smallest absolute Gasteiger partial charge is 0.250 e. The van der Waals surface area contributed by atoms with Crippen molar-refractivity contribution in [3.8, 4) is 0 Å². The van der Waals surface area contributed by atoms with Crippen LogP contribution in [-0.4, -0.2) is 29.3 Å². The van der Waals surface area contributed by atoms with E-state index in [9.17, 15) is 18.4 Å². The van der Waals surface area contributed by atoms with E-state index in [0.29, 0.717) is 12.1 Å². The lowest BCUT2D eigenvalue weighted by Gasteiger charge is -2.36. The maximum atomic E-state index is 14.1. The summed E-state index contributed by atoms with van der Waals surface area (Å²) in [6.45, 7) is 0.737. The van der Waals surface area contributed by atoms with Crippen molar-refractivity contribution in [3.05, 3.63) is 59.7 Å². The molecule has 5 nitrogen and oxygen atoms in total. The predicted molar refractivity (Wildman–Crippen MR) is 99.6 cm³/mol. The predicted octanol–water partition coefficient (Wildman–Crippen LogP) is 3.24. The van der Waals surface area contributed by atoms with Crippen LogP contribution in [0.2, 0.25) is 0 Å². The number of hydrogen-bond donors (Lipinski definition) is 2. The molecule has 0 aromatic heterocycles. The Bertz CT molecular complexity index is 995. The molecule has 3 unspecified atom stereocenters. The summed E-state index contributed by atoms with van der Waals surface area (Å²) in [5.41, 5.74) is 0.341. The van der Waals surface area contributed by atoms with Gasteiger partial charge in [-0.15, -0.1) is 0 Å². The number of nitrogens with one attached hydrogen (secondary N) is 2. The number of halogens is 2. The highest BCUT2D eigenvalue weighted by molar-refractivity contribution is 6.10. The van der Waals surface area contributed by atoms with Crippen LogP contribution in [0.25, 0.3) is 0 Å². The summed E-state index contributed by atoms with van der Waals surface area (Å²) in [4.78, 5) is 28.6. The van der Waals surface area contributed by atoms with Gasteiger partial charge in [0.2, 0.25) is 11.8 Å². The van der Waals surface area contributed by atoms with Gasteiger partial charge in [-0.1, -0.05) is 18.2 Å². The minimum atomic E-state index is -1.08. The largest absolute Gasteiger partial charge is 0.324 e. The van der Waals surface area contributed by atoms with E-state index in [1.54, 1.807) is 0 Å². The molecule has 2 aromatic rings. The maximum absolute atomic E-state index is 14.1. The fourth-order valence-corrected chi connectivity index (χ4v) is 5.19. The lowest BCUT2D eigenvalue weighted by Crippen LogP contribution is -2.53. The number of fused-ring (bicyclic) bond motifs is 4. The summed E-state index contributed by atoms with van der Waals surface area (Å²) in [6, 6.07) is 10.6. The number of anilines is 2. The van der Waals surface area contributed by atoms with Crippen molar-refractivity contribution in [2.75, 3.05) is 17.2 Å². The van der Waals surface area contributed by atoms with E-state index in [-0.39, 0.29) is 17.6 Å². The molecule has 0 radical (unpaired) electrons. The maximum Gasteiger partial charge on any atom is 0.250 e. The van der Waals surface area contributed by atoms with E-state index >= 15 is 0 Å². The molecule has 0 aliphatic carbocycles. The number of carbonyl (C=O) groups excluding carboxylic acids is 2. The van der Waals surface area contributed by atoms with Crippen molar-refractivity contribution in [1.29, 1.82) is 0 Å². The molecule has 3 aliphatic rings. The summed E-state index contributed by atoms with van der Waals surface area (Å²) in [6.07, 6.45) is 2.42. The van der Waals surface area contributed by atoms with E-state index in [0.717, 1.165) is 37.1 Å². The van der Waals surface area contributed by atoms with Crippen molar-refractivity contribution in [2.24, 2.45) is 5.92 Å². The molecular formula is C21H19F2N3O2. The van der Waals surface area contributed by atoms with Gasteiger partial charge in [0.15, 0.2) is 0 Å². The Morgan fingerprint density at radius 2 is 2.04 bits per heavy atom. The van der Waals surface area contributed by atoms with Gasteiger partial charge in [-0.25, -0.2) is 8.78 Å². The van der Waals surface area contributed by atoms with Crippen LogP contribution in [0.15, 0.2) is 42.5 Å². The fourth-order valence-electron chi connectivity index (χ4n) is 5.19. The third kappa shape index (κ3) is 2.26. The fraction of sp³-hybridized carbons (Fsp3) is 0.333. The van der Waals surface area contributed by atoms with Gasteiger partial charge < -0.3 is 10.6 Å². The van der Waals surface area contributed by atoms with Crippen LogP contribution < -0.4 is 10.6 Å². The molecule has 2 saturated heterocycles. The summed E-state index contributed by atoms with van der Waals surface area (Å²) in [5, 5.41) is 5.51. The second-order valence-corrected chi connectivity index (χ2v) is 7.66. The first-order valence-electron chi connectivity index (χ1n) is 9.45. The van der Waals surface area contributed by atoms with Crippen LogP contribution in [0.5, 0.6) is 0 Å². The third-order valence-corrected chi connectivity index (χ3v) is 6.28. The standard InChI is InChI=1S/C21H19F2N3O2/c22-12-7-8-18(16(23)10-12)24-19(27)15-11-13-4-3-9-26(13)21(15)14-5-1-2-6-17(14)25-20(21)28/h1-2,5-8,10,13,15H,3-4,9,11H2,(H,24,27)(H,25,28). The van der Waals surface area contributed by atoms with Crippen LogP contribution in [0, 0.1) is 17.6 Å². The van der Waals surface area contributed by atoms with Crippen LogP contribution in [0.1, 0.15) is 24.8 Å². The zero-order valence-electron chi connectivity index (χ0n) is 15.0. The average molecular weight is 383 g/mol. The normalized spacial score (nSPS) is 28.3. The number of hydrogen-bond acceptors (Lipinski definition) is 3. The number of amides is 2. The summed E-state index contributed by atoms with van der Waals surface area (Å²) in [7, 11) is 0. The number of nitrogens with zero attached hydrogens (tertiary/aromatic N) is 1. The molecule has 0 bridgehead atoms. The van der Waals surface area contributed by atoms with Crippen LogP contribution in [0.4, 0.5) is 20.2 Å². The van der Waals surface area contributed by atoms with Gasteiger partial charge in [0.05, 0.1) is 11.6 Å². The van der Waals surface area contributed by atoms with E-state index < -0.39 is 29.0 Å². The molecule has 3 heterocycles. The monoisotopic (exact) mass is 383 g/mol. The Balaban J connectivity index is 1.57. The molecule has 28 heavy (non-hydrogen) atoms. The van der Waals surface area contributed by atoms with Crippen molar-refractivity contribution in [3.63, 3.8) is 0 Å². The molecule has 0 saturated carbocycles. The first kappa shape index (κ1) is 17.3. The van der Waals surface area contributed by atoms with E-state index in [1.165, 1.54) is 6.07 Å². The van der Waals surface area contributed by atoms with Gasteiger partial charge in [-0.2, -0.15) is 0 Å². The minimum Gasteiger partial charge on any atom is -0.324 e. The quantitative estimate of drug-likeness (QED) is 0.837. The molecule has 3 aliphatic heterocycles. The van der Waals surface area contributed by atoms with E-state index in [1.807, 2.05) is 24.3 Å². The topological polar surface area (TPSA) is 61.4 Å².